The molecule has 0 saturated carbocycles. The van der Waals surface area contributed by atoms with Crippen molar-refractivity contribution in [1.82, 2.24) is 4.90 Å². The molecule has 1 aliphatic carbocycles. The Morgan fingerprint density at radius 2 is 1.73 bits per heavy atom. The molecule has 2 aromatic carbocycles. The SMILES string of the molecule is CN(Cc1ccccc1C(F)(F)F)C1CCc2ccccc21. The standard InChI is InChI=1S/C18H18F3N/c1-22(17-11-10-13-6-2-4-8-15(13)17)12-14-7-3-5-9-16(14)18(19,20)21/h2-9,17H,10-12H2,1H3. The summed E-state index contributed by atoms with van der Waals surface area (Å²) in [6.45, 7) is 0.300. The largest absolute Gasteiger partial charge is 0.416 e. The molecule has 3 rings (SSSR count). The fourth-order valence-electron chi connectivity index (χ4n) is 3.31. The zero-order valence-electron chi connectivity index (χ0n) is 12.4. The molecule has 22 heavy (non-hydrogen) atoms. The van der Waals surface area contributed by atoms with Gasteiger partial charge in [0.05, 0.1) is 5.56 Å². The first-order valence-corrected chi connectivity index (χ1v) is 7.40. The Bertz CT molecular complexity index is 663. The Balaban J connectivity index is 1.83. The molecule has 0 heterocycles. The Labute approximate surface area is 128 Å². The van der Waals surface area contributed by atoms with Gasteiger partial charge in [-0.15, -0.1) is 0 Å². The minimum atomic E-state index is -4.30. The molecule has 1 nitrogen and oxygen atoms in total. The third-order valence-electron chi connectivity index (χ3n) is 4.38. The van der Waals surface area contributed by atoms with E-state index in [0.29, 0.717) is 12.1 Å². The summed E-state index contributed by atoms with van der Waals surface area (Å²) in [5.41, 5.74) is 2.35. The Morgan fingerprint density at radius 1 is 1.05 bits per heavy atom. The molecular weight excluding hydrogens is 287 g/mol. The first-order chi connectivity index (χ1) is 10.5. The van der Waals surface area contributed by atoms with Crippen LogP contribution in [0.5, 0.6) is 0 Å². The molecule has 0 radical (unpaired) electrons. The van der Waals surface area contributed by atoms with E-state index < -0.39 is 11.7 Å². The molecule has 0 fully saturated rings. The second-order valence-corrected chi connectivity index (χ2v) is 5.82. The Hall–Kier alpha value is -1.81. The summed E-state index contributed by atoms with van der Waals surface area (Å²) in [7, 11) is 1.90. The van der Waals surface area contributed by atoms with Crippen LogP contribution in [0, 0.1) is 0 Å². The van der Waals surface area contributed by atoms with Crippen molar-refractivity contribution in [3.05, 3.63) is 70.8 Å². The first kappa shape index (κ1) is 15.1. The van der Waals surface area contributed by atoms with E-state index >= 15 is 0 Å². The maximum absolute atomic E-state index is 13.1. The maximum atomic E-state index is 13.1. The molecule has 0 aromatic heterocycles. The molecule has 0 amide bonds. The molecule has 0 spiro atoms. The Morgan fingerprint density at radius 3 is 2.50 bits per heavy atom. The highest BCUT2D eigenvalue weighted by atomic mass is 19.4. The van der Waals surface area contributed by atoms with E-state index in [-0.39, 0.29) is 6.04 Å². The van der Waals surface area contributed by atoms with Crippen LogP contribution in [0.25, 0.3) is 0 Å². The topological polar surface area (TPSA) is 3.24 Å². The molecule has 0 N–H and O–H groups in total. The predicted octanol–water partition coefficient (Wildman–Crippen LogP) is 4.82. The maximum Gasteiger partial charge on any atom is 0.416 e. The summed E-state index contributed by atoms with van der Waals surface area (Å²) >= 11 is 0. The zero-order chi connectivity index (χ0) is 15.7. The van der Waals surface area contributed by atoms with Crippen molar-refractivity contribution in [3.8, 4) is 0 Å². The van der Waals surface area contributed by atoms with Gasteiger partial charge in [0.15, 0.2) is 0 Å². The van der Waals surface area contributed by atoms with Gasteiger partial charge in [-0.25, -0.2) is 0 Å². The average molecular weight is 305 g/mol. The van der Waals surface area contributed by atoms with Gasteiger partial charge in [0, 0.05) is 12.6 Å². The lowest BCUT2D eigenvalue weighted by molar-refractivity contribution is -0.138. The number of rotatable bonds is 3. The highest BCUT2D eigenvalue weighted by Gasteiger charge is 2.34. The van der Waals surface area contributed by atoms with Crippen molar-refractivity contribution in [2.75, 3.05) is 7.05 Å². The van der Waals surface area contributed by atoms with Crippen LogP contribution in [0.1, 0.15) is 34.7 Å². The summed E-state index contributed by atoms with van der Waals surface area (Å²) < 4.78 is 39.3. The van der Waals surface area contributed by atoms with Crippen molar-refractivity contribution in [2.24, 2.45) is 0 Å². The Kier molecular flexibility index (Phi) is 3.96. The highest BCUT2D eigenvalue weighted by molar-refractivity contribution is 5.35. The van der Waals surface area contributed by atoms with Crippen LogP contribution in [0.4, 0.5) is 13.2 Å². The third-order valence-corrected chi connectivity index (χ3v) is 4.38. The fourth-order valence-corrected chi connectivity index (χ4v) is 3.31. The summed E-state index contributed by atoms with van der Waals surface area (Å²) in [6, 6.07) is 14.2. The van der Waals surface area contributed by atoms with E-state index in [0.717, 1.165) is 18.9 Å². The van der Waals surface area contributed by atoms with Crippen LogP contribution < -0.4 is 0 Å². The summed E-state index contributed by atoms with van der Waals surface area (Å²) in [4.78, 5) is 2.02. The molecule has 2 aromatic rings. The molecule has 1 atom stereocenters. The number of hydrogen-bond acceptors (Lipinski definition) is 1. The molecule has 0 bridgehead atoms. The van der Waals surface area contributed by atoms with Gasteiger partial charge in [-0.1, -0.05) is 42.5 Å². The van der Waals surface area contributed by atoms with Gasteiger partial charge >= 0.3 is 6.18 Å². The summed E-state index contributed by atoms with van der Waals surface area (Å²) in [6.07, 6.45) is -2.35. The highest BCUT2D eigenvalue weighted by Crippen LogP contribution is 2.37. The van der Waals surface area contributed by atoms with Crippen LogP contribution in [-0.2, 0) is 19.1 Å². The summed E-state index contributed by atoms with van der Waals surface area (Å²) in [5, 5.41) is 0. The lowest BCUT2D eigenvalue weighted by atomic mass is 10.0. The van der Waals surface area contributed by atoms with Gasteiger partial charge < -0.3 is 0 Å². The van der Waals surface area contributed by atoms with Gasteiger partial charge in [0.2, 0.25) is 0 Å². The zero-order valence-corrected chi connectivity index (χ0v) is 12.4. The van der Waals surface area contributed by atoms with E-state index in [1.165, 1.54) is 17.2 Å². The van der Waals surface area contributed by atoms with Crippen LogP contribution in [0.15, 0.2) is 48.5 Å². The van der Waals surface area contributed by atoms with E-state index in [1.807, 2.05) is 24.1 Å². The smallest absolute Gasteiger partial charge is 0.295 e. The molecular formula is C18H18F3N. The quantitative estimate of drug-likeness (QED) is 0.785. The van der Waals surface area contributed by atoms with Crippen LogP contribution in [0.3, 0.4) is 0 Å². The van der Waals surface area contributed by atoms with Crippen molar-refractivity contribution in [1.29, 1.82) is 0 Å². The molecule has 0 aliphatic heterocycles. The van der Waals surface area contributed by atoms with Gasteiger partial charge in [0.25, 0.3) is 0 Å². The fraction of sp³-hybridized carbons (Fsp3) is 0.333. The van der Waals surface area contributed by atoms with Crippen LogP contribution in [-0.4, -0.2) is 11.9 Å². The number of halogens is 3. The number of nitrogens with zero attached hydrogens (tertiary/aromatic N) is 1. The van der Waals surface area contributed by atoms with Crippen molar-refractivity contribution in [2.45, 2.75) is 31.6 Å². The van der Waals surface area contributed by atoms with E-state index in [9.17, 15) is 13.2 Å². The van der Waals surface area contributed by atoms with E-state index in [4.69, 9.17) is 0 Å². The summed E-state index contributed by atoms with van der Waals surface area (Å²) in [5.74, 6) is 0. The first-order valence-electron chi connectivity index (χ1n) is 7.40. The average Bonchev–Trinajstić information content (AvgIpc) is 2.90. The van der Waals surface area contributed by atoms with Gasteiger partial charge in [-0.3, -0.25) is 4.90 Å². The van der Waals surface area contributed by atoms with Gasteiger partial charge in [0.1, 0.15) is 0 Å². The molecule has 116 valence electrons. The van der Waals surface area contributed by atoms with Crippen LogP contribution >= 0.6 is 0 Å². The van der Waals surface area contributed by atoms with Crippen molar-refractivity contribution >= 4 is 0 Å². The van der Waals surface area contributed by atoms with E-state index in [2.05, 4.69) is 12.1 Å². The number of hydrogen-bond donors (Lipinski definition) is 0. The van der Waals surface area contributed by atoms with Crippen molar-refractivity contribution in [3.63, 3.8) is 0 Å². The second kappa shape index (κ2) is 5.76. The minimum Gasteiger partial charge on any atom is -0.295 e. The normalized spacial score (nSPS) is 17.8. The predicted molar refractivity (Wildman–Crippen MR) is 80.4 cm³/mol. The van der Waals surface area contributed by atoms with Gasteiger partial charge in [-0.05, 0) is 42.6 Å². The molecule has 1 unspecified atom stereocenters. The third kappa shape index (κ3) is 2.88. The molecule has 1 aliphatic rings. The number of aryl methyl sites for hydroxylation is 1. The lowest BCUT2D eigenvalue weighted by Gasteiger charge is -2.26. The number of alkyl halides is 3. The number of fused-ring (bicyclic) bond motifs is 1. The molecule has 4 heteroatoms. The van der Waals surface area contributed by atoms with E-state index in [1.54, 1.807) is 12.1 Å². The monoisotopic (exact) mass is 305 g/mol. The second-order valence-electron chi connectivity index (χ2n) is 5.82. The lowest BCUT2D eigenvalue weighted by Crippen LogP contribution is -2.24. The van der Waals surface area contributed by atoms with Gasteiger partial charge in [-0.2, -0.15) is 13.2 Å². The van der Waals surface area contributed by atoms with Crippen molar-refractivity contribution < 1.29 is 13.2 Å². The number of benzene rings is 2. The minimum absolute atomic E-state index is 0.192. The molecule has 0 saturated heterocycles. The van der Waals surface area contributed by atoms with Crippen LogP contribution in [0.2, 0.25) is 0 Å².